The van der Waals surface area contributed by atoms with Crippen LogP contribution in [-0.2, 0) is 12.7 Å². The van der Waals surface area contributed by atoms with Crippen LogP contribution >= 0.6 is 15.9 Å². The number of aromatic nitrogens is 2. The van der Waals surface area contributed by atoms with Gasteiger partial charge in [-0.2, -0.15) is 18.3 Å². The van der Waals surface area contributed by atoms with Gasteiger partial charge in [-0.15, -0.1) is 0 Å². The lowest BCUT2D eigenvalue weighted by molar-refractivity contribution is -0.137. The number of halogens is 4. The Bertz CT molecular complexity index is 1010. The maximum Gasteiger partial charge on any atom is 0.416 e. The number of carbonyl (C=O) groups excluding carboxylic acids is 1. The number of nitrogens with one attached hydrogen (secondary N) is 1. The Morgan fingerprint density at radius 1 is 1.14 bits per heavy atom. The highest BCUT2D eigenvalue weighted by molar-refractivity contribution is 9.10. The molecule has 28 heavy (non-hydrogen) atoms. The van der Waals surface area contributed by atoms with Crippen LogP contribution in [0.1, 0.15) is 32.9 Å². The van der Waals surface area contributed by atoms with Gasteiger partial charge in [0.1, 0.15) is 0 Å². The molecule has 1 amide bonds. The van der Waals surface area contributed by atoms with Crippen molar-refractivity contribution in [1.82, 2.24) is 9.78 Å². The Labute approximate surface area is 168 Å². The molecule has 0 bridgehead atoms. The second-order valence-electron chi connectivity index (χ2n) is 6.36. The van der Waals surface area contributed by atoms with Gasteiger partial charge in [-0.05, 0) is 55.8 Å². The summed E-state index contributed by atoms with van der Waals surface area (Å²) >= 11 is 3.32. The minimum atomic E-state index is -4.39. The number of rotatable bonds is 4. The number of carbonyl (C=O) groups is 1. The number of hydrogen-bond acceptors (Lipinski definition) is 2. The van der Waals surface area contributed by atoms with Gasteiger partial charge in [0.2, 0.25) is 0 Å². The summed E-state index contributed by atoms with van der Waals surface area (Å²) in [6.07, 6.45) is -4.39. The number of anilines is 1. The van der Waals surface area contributed by atoms with E-state index < -0.39 is 11.7 Å². The maximum absolute atomic E-state index is 12.9. The zero-order valence-corrected chi connectivity index (χ0v) is 16.7. The molecule has 3 aromatic rings. The zero-order chi connectivity index (χ0) is 20.5. The Balaban J connectivity index is 1.82. The highest BCUT2D eigenvalue weighted by Crippen LogP contribution is 2.30. The first-order chi connectivity index (χ1) is 13.1. The van der Waals surface area contributed by atoms with Gasteiger partial charge in [-0.25, -0.2) is 0 Å². The molecule has 146 valence electrons. The number of alkyl halides is 3. The smallest absolute Gasteiger partial charge is 0.319 e. The molecule has 0 aliphatic carbocycles. The first kappa shape index (κ1) is 20.1. The predicted molar refractivity (Wildman–Crippen MR) is 104 cm³/mol. The molecule has 8 heteroatoms. The first-order valence-corrected chi connectivity index (χ1v) is 9.21. The molecule has 0 aliphatic rings. The third-order valence-corrected chi connectivity index (χ3v) is 4.84. The van der Waals surface area contributed by atoms with Crippen LogP contribution in [0.5, 0.6) is 0 Å². The summed E-state index contributed by atoms with van der Waals surface area (Å²) in [6.45, 7) is 3.68. The number of nitrogens with zero attached hydrogens (tertiary/aromatic N) is 2. The fourth-order valence-corrected chi connectivity index (χ4v) is 3.10. The highest BCUT2D eigenvalue weighted by atomic mass is 79.9. The molecular formula is C20H17BrF3N3O. The van der Waals surface area contributed by atoms with E-state index in [-0.39, 0.29) is 12.5 Å². The molecule has 0 fully saturated rings. The lowest BCUT2D eigenvalue weighted by Crippen LogP contribution is -2.13. The van der Waals surface area contributed by atoms with Crippen LogP contribution in [-0.4, -0.2) is 15.7 Å². The number of benzene rings is 2. The van der Waals surface area contributed by atoms with Crippen molar-refractivity contribution in [3.05, 3.63) is 81.1 Å². The lowest BCUT2D eigenvalue weighted by atomic mass is 10.1. The van der Waals surface area contributed by atoms with Crippen LogP contribution in [0.3, 0.4) is 0 Å². The van der Waals surface area contributed by atoms with Gasteiger partial charge < -0.3 is 5.32 Å². The van der Waals surface area contributed by atoms with Gasteiger partial charge >= 0.3 is 6.18 Å². The first-order valence-electron chi connectivity index (χ1n) is 8.42. The van der Waals surface area contributed by atoms with E-state index in [1.165, 1.54) is 6.07 Å². The van der Waals surface area contributed by atoms with E-state index in [1.807, 2.05) is 0 Å². The average molecular weight is 452 g/mol. The third-order valence-electron chi connectivity index (χ3n) is 4.31. The zero-order valence-electron chi connectivity index (χ0n) is 15.1. The van der Waals surface area contributed by atoms with Crippen LogP contribution in [0.2, 0.25) is 0 Å². The molecule has 0 saturated heterocycles. The van der Waals surface area contributed by atoms with Gasteiger partial charge in [0.05, 0.1) is 29.2 Å². The Kier molecular flexibility index (Phi) is 5.60. The van der Waals surface area contributed by atoms with Crippen LogP contribution in [0, 0.1) is 13.8 Å². The van der Waals surface area contributed by atoms with Gasteiger partial charge in [0.25, 0.3) is 5.91 Å². The minimum Gasteiger partial charge on any atom is -0.319 e. The summed E-state index contributed by atoms with van der Waals surface area (Å²) in [4.78, 5) is 12.5. The topological polar surface area (TPSA) is 46.9 Å². The Morgan fingerprint density at radius 3 is 2.46 bits per heavy atom. The lowest BCUT2D eigenvalue weighted by Gasteiger charge is -2.10. The van der Waals surface area contributed by atoms with Gasteiger partial charge in [-0.3, -0.25) is 9.48 Å². The van der Waals surface area contributed by atoms with Crippen LogP contribution in [0.4, 0.5) is 18.9 Å². The van der Waals surface area contributed by atoms with E-state index in [1.54, 1.807) is 48.9 Å². The molecule has 0 spiro atoms. The van der Waals surface area contributed by atoms with Crippen molar-refractivity contribution in [3.63, 3.8) is 0 Å². The molecule has 4 nitrogen and oxygen atoms in total. The quantitative estimate of drug-likeness (QED) is 0.562. The van der Waals surface area contributed by atoms with Gasteiger partial charge in [0.15, 0.2) is 0 Å². The predicted octanol–water partition coefficient (Wildman–Crippen LogP) is 5.58. The summed E-state index contributed by atoms with van der Waals surface area (Å²) in [5, 5.41) is 7.21. The summed E-state index contributed by atoms with van der Waals surface area (Å²) < 4.78 is 41.2. The molecular weight excluding hydrogens is 435 g/mol. The summed E-state index contributed by atoms with van der Waals surface area (Å²) in [6, 6.07) is 12.1. The Hall–Kier alpha value is -2.61. The van der Waals surface area contributed by atoms with E-state index in [0.29, 0.717) is 28.2 Å². The van der Waals surface area contributed by atoms with Crippen molar-refractivity contribution in [1.29, 1.82) is 0 Å². The van der Waals surface area contributed by atoms with E-state index >= 15 is 0 Å². The van der Waals surface area contributed by atoms with Crippen molar-refractivity contribution in [2.45, 2.75) is 26.6 Å². The molecule has 0 atom stereocenters. The second kappa shape index (κ2) is 7.79. The van der Waals surface area contributed by atoms with Crippen LogP contribution in [0.15, 0.2) is 53.0 Å². The van der Waals surface area contributed by atoms with E-state index in [9.17, 15) is 18.0 Å². The van der Waals surface area contributed by atoms with E-state index in [0.717, 1.165) is 16.6 Å². The SMILES string of the molecule is Cc1nn(Cc2cccc(C(F)(F)F)c2)c(C)c1NC(=O)c1ccc(Br)cc1. The van der Waals surface area contributed by atoms with Crippen molar-refractivity contribution < 1.29 is 18.0 Å². The molecule has 0 unspecified atom stereocenters. The van der Waals surface area contributed by atoms with Crippen molar-refractivity contribution in [2.75, 3.05) is 5.32 Å². The molecule has 2 aromatic carbocycles. The average Bonchev–Trinajstić information content (AvgIpc) is 2.89. The fraction of sp³-hybridized carbons (Fsp3) is 0.200. The normalized spacial score (nSPS) is 11.5. The van der Waals surface area contributed by atoms with E-state index in [2.05, 4.69) is 26.3 Å². The minimum absolute atomic E-state index is 0.171. The molecule has 0 radical (unpaired) electrons. The Morgan fingerprint density at radius 2 is 1.82 bits per heavy atom. The molecule has 1 aromatic heterocycles. The van der Waals surface area contributed by atoms with Crippen LogP contribution < -0.4 is 5.32 Å². The monoisotopic (exact) mass is 451 g/mol. The van der Waals surface area contributed by atoms with Crippen molar-refractivity contribution >= 4 is 27.5 Å². The molecule has 0 saturated carbocycles. The number of hydrogen-bond donors (Lipinski definition) is 1. The third kappa shape index (κ3) is 4.44. The number of aryl methyl sites for hydroxylation is 1. The number of amides is 1. The molecule has 1 heterocycles. The van der Waals surface area contributed by atoms with Crippen LogP contribution in [0.25, 0.3) is 0 Å². The standard InChI is InChI=1S/C20H17BrF3N3O/c1-12-18(25-19(28)15-6-8-17(21)9-7-15)13(2)27(26-12)11-14-4-3-5-16(10-14)20(22,23)24/h3-10H,11H2,1-2H3,(H,25,28). The molecule has 3 rings (SSSR count). The molecule has 1 N–H and O–H groups in total. The van der Waals surface area contributed by atoms with Crippen molar-refractivity contribution in [2.24, 2.45) is 0 Å². The highest BCUT2D eigenvalue weighted by Gasteiger charge is 2.30. The second-order valence-corrected chi connectivity index (χ2v) is 7.28. The van der Waals surface area contributed by atoms with Gasteiger partial charge in [0, 0.05) is 10.0 Å². The van der Waals surface area contributed by atoms with E-state index in [4.69, 9.17) is 0 Å². The largest absolute Gasteiger partial charge is 0.416 e. The molecule has 0 aliphatic heterocycles. The summed E-state index contributed by atoms with van der Waals surface area (Å²) in [7, 11) is 0. The van der Waals surface area contributed by atoms with Gasteiger partial charge in [-0.1, -0.05) is 28.1 Å². The summed E-state index contributed by atoms with van der Waals surface area (Å²) in [5.74, 6) is -0.280. The summed E-state index contributed by atoms with van der Waals surface area (Å²) in [5.41, 5.74) is 2.09. The fourth-order valence-electron chi connectivity index (χ4n) is 2.84. The van der Waals surface area contributed by atoms with Crippen molar-refractivity contribution in [3.8, 4) is 0 Å². The maximum atomic E-state index is 12.9.